The van der Waals surface area contributed by atoms with Crippen molar-refractivity contribution in [3.63, 3.8) is 0 Å². The van der Waals surface area contributed by atoms with Crippen LogP contribution in [0.5, 0.6) is 5.75 Å². The lowest BCUT2D eigenvalue weighted by Gasteiger charge is -2.31. The van der Waals surface area contributed by atoms with Crippen LogP contribution in [0.3, 0.4) is 0 Å². The lowest BCUT2D eigenvalue weighted by Crippen LogP contribution is -2.40. The molecule has 2 aromatic carbocycles. The average molecular weight is 365 g/mol. The highest BCUT2D eigenvalue weighted by molar-refractivity contribution is 7.18. The Hall–Kier alpha value is -2.04. The summed E-state index contributed by atoms with van der Waals surface area (Å²) < 4.78 is 34.1. The van der Waals surface area contributed by atoms with E-state index in [9.17, 15) is 18.7 Å². The van der Waals surface area contributed by atoms with E-state index in [2.05, 4.69) is 5.32 Å². The number of carbonyl (C=O) groups excluding carboxylic acids is 1. The predicted octanol–water partition coefficient (Wildman–Crippen LogP) is 2.89. The molecule has 0 saturated carbocycles. The van der Waals surface area contributed by atoms with Crippen LogP contribution in [0.4, 0.5) is 8.78 Å². The summed E-state index contributed by atoms with van der Waals surface area (Å²) in [6.45, 7) is 0.112. The Morgan fingerprint density at radius 2 is 1.92 bits per heavy atom. The number of carbonyl (C=O) groups is 1. The van der Waals surface area contributed by atoms with Crippen LogP contribution in [-0.4, -0.2) is 30.3 Å². The molecule has 0 fully saturated rings. The Bertz CT molecular complexity index is 822. The molecule has 2 N–H and O–H groups in total. The van der Waals surface area contributed by atoms with Gasteiger partial charge >= 0.3 is 0 Å². The Morgan fingerprint density at radius 1 is 1.24 bits per heavy atom. The minimum absolute atomic E-state index is 0.0890. The number of ether oxygens (including phenoxy) is 1. The van der Waals surface area contributed by atoms with Crippen molar-refractivity contribution < 1.29 is 23.4 Å². The molecule has 0 bridgehead atoms. The summed E-state index contributed by atoms with van der Waals surface area (Å²) in [5.41, 5.74) is -4.56. The molecule has 3 rings (SSSR count). The summed E-state index contributed by atoms with van der Waals surface area (Å²) in [6.07, 6.45) is 0.151. The van der Waals surface area contributed by atoms with E-state index in [1.165, 1.54) is 28.4 Å². The molecule has 0 spiro atoms. The molecule has 0 saturated heterocycles. The van der Waals surface area contributed by atoms with Gasteiger partial charge < -0.3 is 15.2 Å². The first kappa shape index (κ1) is 17.8. The predicted molar refractivity (Wildman–Crippen MR) is 93.7 cm³/mol. The van der Waals surface area contributed by atoms with Crippen LogP contribution in [-0.2, 0) is 10.4 Å². The van der Waals surface area contributed by atoms with Gasteiger partial charge in [-0.2, -0.15) is 8.78 Å². The second-order valence-corrected chi connectivity index (χ2v) is 6.58. The summed E-state index contributed by atoms with van der Waals surface area (Å²) in [4.78, 5) is 11.2. The highest BCUT2D eigenvalue weighted by Crippen LogP contribution is 2.57. The molecular weight excluding hydrogens is 347 g/mol. The smallest absolute Gasteiger partial charge is 0.295 e. The van der Waals surface area contributed by atoms with Crippen LogP contribution in [0.1, 0.15) is 17.5 Å². The molecular formula is C18H18F2NO3P. The molecule has 2 aromatic rings. The van der Waals surface area contributed by atoms with E-state index in [1.54, 1.807) is 30.3 Å². The van der Waals surface area contributed by atoms with Gasteiger partial charge in [0.1, 0.15) is 5.75 Å². The second-order valence-electron chi connectivity index (χ2n) is 5.86. The van der Waals surface area contributed by atoms with Crippen molar-refractivity contribution in [1.82, 2.24) is 5.32 Å². The number of rotatable bonds is 5. The molecule has 0 radical (unpaired) electrons. The maximum absolute atomic E-state index is 14.3. The zero-order valence-electron chi connectivity index (χ0n) is 13.6. The van der Waals surface area contributed by atoms with Crippen LogP contribution in [0, 0.1) is 0 Å². The summed E-state index contributed by atoms with van der Waals surface area (Å²) in [6, 6.07) is 11.3. The summed E-state index contributed by atoms with van der Waals surface area (Å²) >= 11 is 0. The molecule has 132 valence electrons. The van der Waals surface area contributed by atoms with Crippen molar-refractivity contribution in [2.24, 2.45) is 0 Å². The van der Waals surface area contributed by atoms with Gasteiger partial charge in [-0.25, -0.2) is 0 Å². The monoisotopic (exact) mass is 365 g/mol. The van der Waals surface area contributed by atoms with Crippen LogP contribution in [0.25, 0.3) is 11.1 Å². The van der Waals surface area contributed by atoms with Crippen LogP contribution < -0.4 is 10.1 Å². The number of hydrogen-bond donors (Lipinski definition) is 2. The van der Waals surface area contributed by atoms with E-state index >= 15 is 0 Å². The van der Waals surface area contributed by atoms with E-state index in [1.807, 2.05) is 0 Å². The first-order valence-electron chi connectivity index (χ1n) is 7.76. The summed E-state index contributed by atoms with van der Waals surface area (Å²) in [7, 11) is 2.95. The van der Waals surface area contributed by atoms with Crippen LogP contribution >= 0.6 is 9.24 Å². The second kappa shape index (κ2) is 6.36. The molecule has 7 heteroatoms. The number of halogens is 2. The SMILES string of the molecule is CNC(=O)CCOc1ccc2c(c1)C(O)(C(F)(F)P)c1ccccc1-2. The number of benzene rings is 2. The number of aliphatic hydroxyl groups is 1. The molecule has 1 amide bonds. The number of hydrogen-bond acceptors (Lipinski definition) is 3. The lowest BCUT2D eigenvalue weighted by atomic mass is 9.91. The minimum atomic E-state index is -3.46. The first-order chi connectivity index (χ1) is 11.8. The summed E-state index contributed by atoms with van der Waals surface area (Å²) in [5, 5.41) is 13.4. The van der Waals surface area contributed by atoms with E-state index in [-0.39, 0.29) is 30.1 Å². The van der Waals surface area contributed by atoms with Gasteiger partial charge in [-0.05, 0) is 23.3 Å². The quantitative estimate of drug-likeness (QED) is 0.801. The fraction of sp³-hybridized carbons (Fsp3) is 0.278. The van der Waals surface area contributed by atoms with Crippen molar-refractivity contribution in [3.8, 4) is 16.9 Å². The number of fused-ring (bicyclic) bond motifs is 3. The van der Waals surface area contributed by atoms with E-state index in [4.69, 9.17) is 4.74 Å². The van der Waals surface area contributed by atoms with Crippen molar-refractivity contribution in [2.45, 2.75) is 17.7 Å². The van der Waals surface area contributed by atoms with E-state index in [0.29, 0.717) is 16.9 Å². The van der Waals surface area contributed by atoms with E-state index < -0.39 is 11.3 Å². The maximum atomic E-state index is 14.3. The molecule has 2 unspecified atom stereocenters. The standard InChI is InChI=1S/C18H18F2NO3P/c1-21-16(22)8-9-24-11-6-7-13-12-4-2-3-5-14(12)17(23,15(13)10-11)18(19,20)25/h2-7,10,23H,8-9,25H2,1H3,(H,21,22). The van der Waals surface area contributed by atoms with Gasteiger partial charge in [-0.15, -0.1) is 0 Å². The minimum Gasteiger partial charge on any atom is -0.493 e. The van der Waals surface area contributed by atoms with Gasteiger partial charge in [0.15, 0.2) is 5.60 Å². The largest absolute Gasteiger partial charge is 0.493 e. The fourth-order valence-corrected chi connectivity index (χ4v) is 3.38. The van der Waals surface area contributed by atoms with Gasteiger partial charge in [0, 0.05) is 18.2 Å². The third-order valence-corrected chi connectivity index (χ3v) is 4.76. The van der Waals surface area contributed by atoms with E-state index in [0.717, 1.165) is 0 Å². The number of amides is 1. The number of nitrogens with one attached hydrogen (secondary N) is 1. The van der Waals surface area contributed by atoms with Gasteiger partial charge in [0.2, 0.25) is 5.91 Å². The molecule has 25 heavy (non-hydrogen) atoms. The van der Waals surface area contributed by atoms with Crippen molar-refractivity contribution in [2.75, 3.05) is 13.7 Å². The average Bonchev–Trinajstić information content (AvgIpc) is 2.85. The fourth-order valence-electron chi connectivity index (χ4n) is 3.07. The Kier molecular flexibility index (Phi) is 4.52. The topological polar surface area (TPSA) is 58.6 Å². The lowest BCUT2D eigenvalue weighted by molar-refractivity contribution is -0.121. The van der Waals surface area contributed by atoms with Crippen molar-refractivity contribution >= 4 is 15.1 Å². The third-order valence-electron chi connectivity index (χ3n) is 4.35. The molecule has 1 aliphatic rings. The third kappa shape index (κ3) is 2.90. The Morgan fingerprint density at radius 3 is 2.60 bits per heavy atom. The van der Waals surface area contributed by atoms with Gasteiger partial charge in [0.05, 0.1) is 13.0 Å². The van der Waals surface area contributed by atoms with Crippen LogP contribution in [0.2, 0.25) is 0 Å². The van der Waals surface area contributed by atoms with Gasteiger partial charge in [0.25, 0.3) is 5.66 Å². The molecule has 0 heterocycles. The highest BCUT2D eigenvalue weighted by Gasteiger charge is 2.56. The van der Waals surface area contributed by atoms with Crippen LogP contribution in [0.15, 0.2) is 42.5 Å². The number of alkyl halides is 2. The van der Waals surface area contributed by atoms with Gasteiger partial charge in [-0.3, -0.25) is 4.79 Å². The molecule has 4 nitrogen and oxygen atoms in total. The molecule has 1 aliphatic carbocycles. The Balaban J connectivity index is 2.00. The van der Waals surface area contributed by atoms with Crippen molar-refractivity contribution in [3.05, 3.63) is 53.6 Å². The summed E-state index contributed by atoms with van der Waals surface area (Å²) in [5.74, 6) is 0.143. The zero-order valence-corrected chi connectivity index (χ0v) is 14.7. The van der Waals surface area contributed by atoms with Gasteiger partial charge in [-0.1, -0.05) is 39.6 Å². The molecule has 0 aromatic heterocycles. The maximum Gasteiger partial charge on any atom is 0.295 e. The zero-order chi connectivity index (χ0) is 18.2. The molecule has 0 aliphatic heterocycles. The van der Waals surface area contributed by atoms with Crippen molar-refractivity contribution in [1.29, 1.82) is 0 Å². The normalized spacial score (nSPS) is 18.4. The first-order valence-corrected chi connectivity index (χ1v) is 8.33. The molecule has 2 atom stereocenters. The Labute approximate surface area is 146 Å². The highest BCUT2D eigenvalue weighted by atomic mass is 31.0.